The fourth-order valence-corrected chi connectivity index (χ4v) is 14.9. The second-order valence-corrected chi connectivity index (χ2v) is 30.1. The zero-order chi connectivity index (χ0) is 72.9. The number of fused-ring (bicyclic) bond motifs is 2. The van der Waals surface area contributed by atoms with Crippen LogP contribution in [-0.2, 0) is 52.2 Å². The summed E-state index contributed by atoms with van der Waals surface area (Å²) < 4.78 is 54.5. The SMILES string of the molecule is COC1C/C=C\C[C@@H](O)C/C=C(C)/C=C/C(=O)O[C@@H]([C@H](C)C(O)C(C)[C@@H](O)C(C)CCC2CC(OC)C[C@H](C)O2)C[C@H](O)[C@H](C)[C@@H](CO)CC2CC=C[C@@H](CC(O)C/C=C(C)/C=C/C(=O)O[C@@H](C(C)CCC3C[C@H](OC)C[C@H](C)O3)C(C)C(O)[C@@H](C)[C@H](O)C[C@H](O)[C@H](C)[C@@H](OC)C1)O2. The summed E-state index contributed by atoms with van der Waals surface area (Å²) in [6.07, 6.45) is 14.6. The molecule has 0 aliphatic carbocycles. The summed E-state index contributed by atoms with van der Waals surface area (Å²) in [6, 6.07) is 0. The van der Waals surface area contributed by atoms with Crippen LogP contribution in [0, 0.1) is 53.3 Å². The quantitative estimate of drug-likeness (QED) is 0.0483. The first-order valence-corrected chi connectivity index (χ1v) is 37.0. The number of rotatable bonds is 17. The second-order valence-electron chi connectivity index (χ2n) is 30.1. The van der Waals surface area contributed by atoms with Crippen LogP contribution in [0.5, 0.6) is 0 Å². The van der Waals surface area contributed by atoms with Gasteiger partial charge < -0.3 is 88.6 Å². The third-order valence-electron chi connectivity index (χ3n) is 22.1. The predicted molar refractivity (Wildman–Crippen MR) is 379 cm³/mol. The van der Waals surface area contributed by atoms with E-state index in [4.69, 9.17) is 42.6 Å². The second kappa shape index (κ2) is 45.1. The molecular formula is C78H134O20. The highest BCUT2D eigenvalue weighted by molar-refractivity contribution is 5.83. The van der Waals surface area contributed by atoms with Gasteiger partial charge in [-0.2, -0.15) is 0 Å². The van der Waals surface area contributed by atoms with E-state index >= 15 is 0 Å². The Morgan fingerprint density at radius 1 is 0.520 bits per heavy atom. The fraction of sp³-hybridized carbons (Fsp3) is 0.821. The molecule has 4 aliphatic rings. The minimum absolute atomic E-state index is 0.0159. The summed E-state index contributed by atoms with van der Waals surface area (Å²) in [5, 5.41) is 104. The van der Waals surface area contributed by atoms with E-state index in [-0.39, 0.29) is 99.4 Å². The molecule has 2 bridgehead atoms. The Morgan fingerprint density at radius 2 is 1.06 bits per heavy atom. The molecule has 0 spiro atoms. The number of hydrogen-bond acceptors (Lipinski definition) is 20. The molecule has 0 aromatic heterocycles. The van der Waals surface area contributed by atoms with Gasteiger partial charge in [0.15, 0.2) is 0 Å². The standard InChI is InChI=1S/C78H134O20/c1-46-24-30-59(80)20-17-18-21-61(90-13)42-71(93-16)53(8)68(82)43-69(83)54(9)76(88)57(12)78(49(4)29-33-65-41-67(92-15)37-51(6)95-65)98-74(86)35-27-47(2)25-31-60(81)39-63-23-19-22-62(96-63)38-58(45-79)52(7)70(84)44-72(97-73(85)34-26-46)55(10)77(89)56(11)75(87)48(3)28-32-64-40-66(91-14)36-50(5)94-64/h17-19,23-27,34-35,48-72,75-84,87-89H,20-22,28-33,36-45H2,1-16H3/b18-17-,34-26+,35-27+,46-24+,47-25+/t48?,49?,50-,51-,52+,53-,54-,55-,56?,57?,58+,59+,60?,61?,62?,63-,64?,65?,66?,67+,68-,69+,70-,71-,72+,75-,76?,77?,78-/m0/s1. The third kappa shape index (κ3) is 29.8. The van der Waals surface area contributed by atoms with Gasteiger partial charge in [0.1, 0.15) is 12.2 Å². The summed E-state index contributed by atoms with van der Waals surface area (Å²) in [5.74, 6) is -5.97. The molecule has 2 fully saturated rings. The van der Waals surface area contributed by atoms with Crippen LogP contribution in [0.1, 0.15) is 199 Å². The Hall–Kier alpha value is -3.26. The molecule has 0 aromatic rings. The molecule has 2 saturated heterocycles. The van der Waals surface area contributed by atoms with Crippen molar-refractivity contribution >= 4 is 11.9 Å². The van der Waals surface area contributed by atoms with Crippen LogP contribution in [0.25, 0.3) is 0 Å². The van der Waals surface area contributed by atoms with E-state index < -0.39 is 127 Å². The molecule has 0 radical (unpaired) electrons. The Balaban J connectivity index is 1.59. The van der Waals surface area contributed by atoms with Gasteiger partial charge in [0, 0.05) is 96.1 Å². The Bertz CT molecular complexity index is 2430. The summed E-state index contributed by atoms with van der Waals surface area (Å²) in [6.45, 7) is 22.1. The summed E-state index contributed by atoms with van der Waals surface area (Å²) in [7, 11) is 6.59. The molecule has 29 atom stereocenters. The van der Waals surface area contributed by atoms with E-state index in [9.17, 15) is 55.5 Å². The number of hydrogen-bond donors (Lipinski definition) is 9. The van der Waals surface area contributed by atoms with E-state index in [0.717, 1.165) is 25.7 Å². The predicted octanol–water partition coefficient (Wildman–Crippen LogP) is 9.95. The van der Waals surface area contributed by atoms with Crippen molar-refractivity contribution in [3.63, 3.8) is 0 Å². The number of carbonyl (C=O) groups is 2. The lowest BCUT2D eigenvalue weighted by molar-refractivity contribution is -0.155. The van der Waals surface area contributed by atoms with Gasteiger partial charge in [-0.1, -0.05) is 115 Å². The lowest BCUT2D eigenvalue weighted by Gasteiger charge is -2.38. The highest BCUT2D eigenvalue weighted by Crippen LogP contribution is 2.36. The van der Waals surface area contributed by atoms with Gasteiger partial charge in [-0.15, -0.1) is 0 Å². The van der Waals surface area contributed by atoms with Gasteiger partial charge in [0.05, 0.1) is 110 Å². The van der Waals surface area contributed by atoms with Crippen molar-refractivity contribution in [2.75, 3.05) is 35.0 Å². The smallest absolute Gasteiger partial charge is 0.331 e. The average Bonchev–Trinajstić information content (AvgIpc) is 0.852. The Morgan fingerprint density at radius 3 is 1.63 bits per heavy atom. The van der Waals surface area contributed by atoms with Crippen LogP contribution in [0.4, 0.5) is 0 Å². The molecule has 566 valence electrons. The highest BCUT2D eigenvalue weighted by atomic mass is 16.6. The van der Waals surface area contributed by atoms with Crippen molar-refractivity contribution in [1.82, 2.24) is 0 Å². The lowest BCUT2D eigenvalue weighted by atomic mass is 9.78. The molecule has 0 amide bonds. The van der Waals surface area contributed by atoms with Crippen LogP contribution in [0.3, 0.4) is 0 Å². The Kier molecular flexibility index (Phi) is 40.1. The lowest BCUT2D eigenvalue weighted by Crippen LogP contribution is -2.45. The average molecular weight is 1390 g/mol. The van der Waals surface area contributed by atoms with E-state index in [1.165, 1.54) is 12.2 Å². The van der Waals surface area contributed by atoms with Crippen molar-refractivity contribution in [3.05, 3.63) is 71.9 Å². The van der Waals surface area contributed by atoms with Gasteiger partial charge in [-0.3, -0.25) is 0 Å². The highest BCUT2D eigenvalue weighted by Gasteiger charge is 2.42. The monoisotopic (exact) mass is 1390 g/mol. The van der Waals surface area contributed by atoms with Gasteiger partial charge in [0.2, 0.25) is 0 Å². The number of aliphatic hydroxyl groups is 9. The minimum Gasteiger partial charge on any atom is -0.459 e. The van der Waals surface area contributed by atoms with Crippen LogP contribution >= 0.6 is 0 Å². The molecular weight excluding hydrogens is 1260 g/mol. The zero-order valence-corrected chi connectivity index (χ0v) is 62.5. The number of cyclic esters (lactones) is 2. The van der Waals surface area contributed by atoms with Gasteiger partial charge in [0.25, 0.3) is 0 Å². The summed E-state index contributed by atoms with van der Waals surface area (Å²) >= 11 is 0. The van der Waals surface area contributed by atoms with E-state index in [1.54, 1.807) is 68.3 Å². The number of allylic oxidation sites excluding steroid dienone is 4. The first-order chi connectivity index (χ1) is 46.4. The summed E-state index contributed by atoms with van der Waals surface area (Å²) in [4.78, 5) is 27.7. The first-order valence-electron chi connectivity index (χ1n) is 37.0. The molecule has 0 aromatic carbocycles. The summed E-state index contributed by atoms with van der Waals surface area (Å²) in [5.41, 5.74) is 1.39. The molecule has 98 heavy (non-hydrogen) atoms. The molecule has 4 heterocycles. The van der Waals surface area contributed by atoms with E-state index in [2.05, 4.69) is 0 Å². The maximum Gasteiger partial charge on any atom is 0.331 e. The van der Waals surface area contributed by atoms with Crippen molar-refractivity contribution in [3.8, 4) is 0 Å². The van der Waals surface area contributed by atoms with Crippen LogP contribution in [0.15, 0.2) is 71.9 Å². The third-order valence-corrected chi connectivity index (χ3v) is 22.1. The molecule has 0 saturated carbocycles. The molecule has 20 nitrogen and oxygen atoms in total. The van der Waals surface area contributed by atoms with Crippen LogP contribution in [-0.4, -0.2) is 215 Å². The molecule has 20 heteroatoms. The fourth-order valence-electron chi connectivity index (χ4n) is 14.9. The largest absolute Gasteiger partial charge is 0.459 e. The topological polar surface area (TPSA) is 299 Å². The normalized spacial score (nSPS) is 40.2. The van der Waals surface area contributed by atoms with Crippen molar-refractivity contribution in [1.29, 1.82) is 0 Å². The van der Waals surface area contributed by atoms with Crippen LogP contribution in [0.2, 0.25) is 0 Å². The molecule has 4 aliphatic heterocycles. The maximum absolute atomic E-state index is 13.8. The minimum atomic E-state index is -1.15. The van der Waals surface area contributed by atoms with Gasteiger partial charge in [-0.05, 0) is 148 Å². The number of ether oxygens (including phenoxy) is 9. The van der Waals surface area contributed by atoms with Crippen molar-refractivity contribution < 1.29 is 98.2 Å². The van der Waals surface area contributed by atoms with Crippen LogP contribution < -0.4 is 0 Å². The molecule has 12 unspecified atom stereocenters. The van der Waals surface area contributed by atoms with E-state index in [0.29, 0.717) is 68.9 Å². The number of methoxy groups -OCH3 is 4. The number of esters is 2. The number of carbonyl (C=O) groups excluding carboxylic acids is 2. The first kappa shape index (κ1) is 87.1. The van der Waals surface area contributed by atoms with Gasteiger partial charge >= 0.3 is 11.9 Å². The van der Waals surface area contributed by atoms with Gasteiger partial charge in [-0.25, -0.2) is 9.59 Å². The molecule has 4 rings (SSSR count). The van der Waals surface area contributed by atoms with Crippen molar-refractivity contribution in [2.24, 2.45) is 53.3 Å². The van der Waals surface area contributed by atoms with Crippen molar-refractivity contribution in [2.45, 2.75) is 321 Å². The molecule has 9 N–H and O–H groups in total. The number of aliphatic hydroxyl groups excluding tert-OH is 9. The maximum atomic E-state index is 13.8. The zero-order valence-electron chi connectivity index (χ0n) is 62.5. The van der Waals surface area contributed by atoms with E-state index in [1.807, 2.05) is 91.8 Å². The Labute approximate surface area is 588 Å².